The van der Waals surface area contributed by atoms with Crippen LogP contribution in [0, 0.1) is 5.41 Å². The largest absolute Gasteiger partial charge is 0.388 e. The van der Waals surface area contributed by atoms with Crippen LogP contribution in [0.5, 0.6) is 0 Å². The van der Waals surface area contributed by atoms with E-state index in [1.165, 1.54) is 4.90 Å². The normalized spacial score (nSPS) is 9.62. The Bertz CT molecular complexity index is 183. The molecular weight excluding hydrogens is 172 g/mol. The van der Waals surface area contributed by atoms with Crippen molar-refractivity contribution in [1.82, 2.24) is 4.90 Å². The van der Waals surface area contributed by atoms with Gasteiger partial charge in [-0.15, -0.1) is 0 Å². The molecule has 0 heterocycles. The highest BCUT2D eigenvalue weighted by molar-refractivity contribution is 5.78. The first-order valence-corrected chi connectivity index (χ1v) is 3.94. The molecule has 6 heteroatoms. The van der Waals surface area contributed by atoms with Crippen molar-refractivity contribution < 1.29 is 9.53 Å². The Hall–Kier alpha value is -1.30. The Kier molecular flexibility index (Phi) is 5.62. The predicted octanol–water partition coefficient (Wildman–Crippen LogP) is -0.660. The second-order valence-corrected chi connectivity index (χ2v) is 2.59. The molecule has 0 fully saturated rings. The molecule has 0 aliphatic carbocycles. The monoisotopic (exact) mass is 188 g/mol. The van der Waals surface area contributed by atoms with Crippen LogP contribution in [0.3, 0.4) is 0 Å². The number of carbonyl (C=O) groups excluding carboxylic acids is 1. The molecule has 0 bridgehead atoms. The fourth-order valence-electron chi connectivity index (χ4n) is 0.789. The smallest absolute Gasteiger partial charge is 0.314 e. The number of nitrogens with zero attached hydrogens (tertiary/aromatic N) is 1. The molecule has 0 aromatic carbocycles. The number of carbonyl (C=O) groups is 1. The van der Waals surface area contributed by atoms with Crippen molar-refractivity contribution in [2.45, 2.75) is 6.42 Å². The molecule has 0 atom stereocenters. The summed E-state index contributed by atoms with van der Waals surface area (Å²) < 4.78 is 4.79. The highest BCUT2D eigenvalue weighted by Gasteiger charge is 2.08. The number of nitrogens with two attached hydrogens (primary N) is 2. The Morgan fingerprint density at radius 1 is 1.46 bits per heavy atom. The summed E-state index contributed by atoms with van der Waals surface area (Å²) in [6.07, 6.45) is 0.340. The summed E-state index contributed by atoms with van der Waals surface area (Å²) in [5.74, 6) is 0.0451. The van der Waals surface area contributed by atoms with Gasteiger partial charge in [0.05, 0.1) is 12.4 Å². The van der Waals surface area contributed by atoms with E-state index in [-0.39, 0.29) is 5.84 Å². The fourth-order valence-corrected chi connectivity index (χ4v) is 0.789. The molecule has 76 valence electrons. The zero-order valence-electron chi connectivity index (χ0n) is 7.75. The topological polar surface area (TPSA) is 105 Å². The zero-order chi connectivity index (χ0) is 10.3. The lowest BCUT2D eigenvalue weighted by Gasteiger charge is -2.19. The number of methoxy groups -OCH3 is 1. The van der Waals surface area contributed by atoms with Crippen LogP contribution in [0.1, 0.15) is 6.42 Å². The van der Waals surface area contributed by atoms with Crippen LogP contribution in [-0.4, -0.2) is 43.6 Å². The number of hydrogen-bond donors (Lipinski definition) is 3. The average molecular weight is 188 g/mol. The number of hydrogen-bond acceptors (Lipinski definition) is 3. The van der Waals surface area contributed by atoms with Gasteiger partial charge in [0.15, 0.2) is 0 Å². The van der Waals surface area contributed by atoms with E-state index in [4.69, 9.17) is 21.6 Å². The molecule has 2 amide bonds. The van der Waals surface area contributed by atoms with E-state index in [1.807, 2.05) is 0 Å². The number of ether oxygens (including phenoxy) is 1. The second kappa shape index (κ2) is 6.24. The Morgan fingerprint density at radius 3 is 2.46 bits per heavy atom. The number of nitrogens with one attached hydrogen (secondary N) is 1. The van der Waals surface area contributed by atoms with E-state index >= 15 is 0 Å². The van der Waals surface area contributed by atoms with Gasteiger partial charge in [0.1, 0.15) is 0 Å². The minimum Gasteiger partial charge on any atom is -0.388 e. The molecule has 13 heavy (non-hydrogen) atoms. The molecule has 0 aliphatic rings. The van der Waals surface area contributed by atoms with Crippen molar-refractivity contribution in [2.75, 3.05) is 26.8 Å². The highest BCUT2D eigenvalue weighted by atomic mass is 16.5. The molecule has 0 aromatic heterocycles. The summed E-state index contributed by atoms with van der Waals surface area (Å²) in [5.41, 5.74) is 10.2. The lowest BCUT2D eigenvalue weighted by atomic mass is 10.3. The van der Waals surface area contributed by atoms with Gasteiger partial charge in [-0.1, -0.05) is 0 Å². The molecule has 0 radical (unpaired) electrons. The van der Waals surface area contributed by atoms with Crippen molar-refractivity contribution in [3.8, 4) is 0 Å². The minimum absolute atomic E-state index is 0.0451. The zero-order valence-corrected chi connectivity index (χ0v) is 7.75. The number of primary amides is 1. The van der Waals surface area contributed by atoms with Gasteiger partial charge >= 0.3 is 6.03 Å². The van der Waals surface area contributed by atoms with Gasteiger partial charge in [-0.2, -0.15) is 0 Å². The van der Waals surface area contributed by atoms with E-state index in [2.05, 4.69) is 0 Å². The number of urea groups is 1. The van der Waals surface area contributed by atoms with Gasteiger partial charge in [-0.25, -0.2) is 4.79 Å². The molecule has 0 rings (SSSR count). The first kappa shape index (κ1) is 11.7. The van der Waals surface area contributed by atoms with Gasteiger partial charge in [0, 0.05) is 26.6 Å². The van der Waals surface area contributed by atoms with Crippen molar-refractivity contribution >= 4 is 11.9 Å². The van der Waals surface area contributed by atoms with Gasteiger partial charge in [-0.05, 0) is 0 Å². The molecule has 0 spiro atoms. The molecule has 0 aromatic rings. The van der Waals surface area contributed by atoms with Crippen molar-refractivity contribution in [2.24, 2.45) is 11.5 Å². The Balaban J connectivity index is 3.80. The summed E-state index contributed by atoms with van der Waals surface area (Å²) in [6, 6.07) is -0.515. The average Bonchev–Trinajstić information content (AvgIpc) is 2.03. The number of amidine groups is 1. The standard InChI is InChI=1S/C7H16N4O2/c1-13-5-4-11(7(10)12)3-2-6(8)9/h2-5H2,1H3,(H3,8,9)(H2,10,12). The third-order valence-corrected chi connectivity index (χ3v) is 1.53. The molecule has 6 nitrogen and oxygen atoms in total. The van der Waals surface area contributed by atoms with Gasteiger partial charge in [0.2, 0.25) is 0 Å². The second-order valence-electron chi connectivity index (χ2n) is 2.59. The maximum absolute atomic E-state index is 10.8. The van der Waals surface area contributed by atoms with Crippen molar-refractivity contribution in [3.63, 3.8) is 0 Å². The maximum Gasteiger partial charge on any atom is 0.314 e. The first-order chi connectivity index (χ1) is 6.07. The Morgan fingerprint density at radius 2 is 2.08 bits per heavy atom. The lowest BCUT2D eigenvalue weighted by Crippen LogP contribution is -2.39. The van der Waals surface area contributed by atoms with Gasteiger partial charge in [0.25, 0.3) is 0 Å². The molecule has 5 N–H and O–H groups in total. The van der Waals surface area contributed by atoms with E-state index < -0.39 is 6.03 Å². The highest BCUT2D eigenvalue weighted by Crippen LogP contribution is 1.91. The molecule has 0 unspecified atom stereocenters. The summed E-state index contributed by atoms with van der Waals surface area (Å²) in [7, 11) is 1.55. The van der Waals surface area contributed by atoms with E-state index in [0.717, 1.165) is 0 Å². The predicted molar refractivity (Wildman–Crippen MR) is 49.6 cm³/mol. The van der Waals surface area contributed by atoms with Crippen LogP contribution < -0.4 is 11.5 Å². The third kappa shape index (κ3) is 5.92. The van der Waals surface area contributed by atoms with E-state index in [9.17, 15) is 4.79 Å². The van der Waals surface area contributed by atoms with Crippen LogP contribution in [0.4, 0.5) is 4.79 Å². The van der Waals surface area contributed by atoms with Crippen LogP contribution in [0.25, 0.3) is 0 Å². The fraction of sp³-hybridized carbons (Fsp3) is 0.714. The van der Waals surface area contributed by atoms with Gasteiger partial charge < -0.3 is 21.1 Å². The molecule has 0 aliphatic heterocycles. The van der Waals surface area contributed by atoms with E-state index in [0.29, 0.717) is 26.1 Å². The van der Waals surface area contributed by atoms with Crippen LogP contribution in [0.2, 0.25) is 0 Å². The minimum atomic E-state index is -0.515. The maximum atomic E-state index is 10.8. The molecular formula is C7H16N4O2. The Labute approximate surface area is 77.3 Å². The first-order valence-electron chi connectivity index (χ1n) is 3.94. The van der Waals surface area contributed by atoms with Crippen molar-refractivity contribution in [1.29, 1.82) is 5.41 Å². The SMILES string of the molecule is COCCN(CCC(=N)N)C(N)=O. The lowest BCUT2D eigenvalue weighted by molar-refractivity contribution is 0.154. The molecule has 0 saturated heterocycles. The van der Waals surface area contributed by atoms with Gasteiger partial charge in [-0.3, -0.25) is 5.41 Å². The molecule has 0 saturated carbocycles. The van der Waals surface area contributed by atoms with Crippen LogP contribution in [-0.2, 0) is 4.74 Å². The van der Waals surface area contributed by atoms with Crippen molar-refractivity contribution in [3.05, 3.63) is 0 Å². The third-order valence-electron chi connectivity index (χ3n) is 1.53. The quantitative estimate of drug-likeness (QED) is 0.380. The van der Waals surface area contributed by atoms with Crippen LogP contribution in [0.15, 0.2) is 0 Å². The van der Waals surface area contributed by atoms with Crippen LogP contribution >= 0.6 is 0 Å². The summed E-state index contributed by atoms with van der Waals surface area (Å²) in [6.45, 7) is 1.23. The summed E-state index contributed by atoms with van der Waals surface area (Å²) in [4.78, 5) is 12.2. The number of rotatable bonds is 6. The summed E-state index contributed by atoms with van der Waals surface area (Å²) >= 11 is 0. The summed E-state index contributed by atoms with van der Waals surface area (Å²) in [5, 5.41) is 6.97. The number of amides is 2. The van der Waals surface area contributed by atoms with E-state index in [1.54, 1.807) is 7.11 Å².